The molecule has 4 aromatic rings. The van der Waals surface area contributed by atoms with Crippen molar-refractivity contribution in [2.45, 2.75) is 25.4 Å². The fraction of sp³-hybridized carbons (Fsp3) is 0.292. The van der Waals surface area contributed by atoms with E-state index >= 15 is 0 Å². The Labute approximate surface area is 187 Å². The summed E-state index contributed by atoms with van der Waals surface area (Å²) in [5.74, 6) is 0.288. The maximum atomic E-state index is 13.7. The first-order valence-electron chi connectivity index (χ1n) is 10.7. The second-order valence-corrected chi connectivity index (χ2v) is 8.23. The average Bonchev–Trinajstić information content (AvgIpc) is 3.48. The molecule has 0 N–H and O–H groups in total. The number of halogens is 3. The number of hydrogen-bond acceptors (Lipinski definition) is 4. The van der Waals surface area contributed by atoms with E-state index < -0.39 is 11.9 Å². The molecule has 1 fully saturated rings. The van der Waals surface area contributed by atoms with Gasteiger partial charge in [-0.25, -0.2) is 9.50 Å². The van der Waals surface area contributed by atoms with Crippen LogP contribution in [0.2, 0.25) is 0 Å². The molecule has 0 saturated carbocycles. The lowest BCUT2D eigenvalue weighted by Crippen LogP contribution is -2.39. The van der Waals surface area contributed by atoms with E-state index in [4.69, 9.17) is 4.42 Å². The first kappa shape index (κ1) is 21.2. The third-order valence-corrected chi connectivity index (χ3v) is 5.98. The van der Waals surface area contributed by atoms with Crippen molar-refractivity contribution in [3.8, 4) is 11.5 Å². The summed E-state index contributed by atoms with van der Waals surface area (Å²) in [4.78, 5) is 18.9. The Balaban J connectivity index is 1.37. The molecule has 1 aliphatic heterocycles. The van der Waals surface area contributed by atoms with Gasteiger partial charge in [0.2, 0.25) is 0 Å². The molecular weight excluding hydrogens is 433 g/mol. The van der Waals surface area contributed by atoms with Crippen molar-refractivity contribution in [1.82, 2.24) is 19.5 Å². The summed E-state index contributed by atoms with van der Waals surface area (Å²) in [6.07, 6.45) is -0.692. The van der Waals surface area contributed by atoms with Crippen molar-refractivity contribution in [1.29, 1.82) is 0 Å². The Hall–Kier alpha value is -3.62. The van der Waals surface area contributed by atoms with Crippen molar-refractivity contribution in [3.05, 3.63) is 77.8 Å². The molecule has 1 aromatic carbocycles. The van der Waals surface area contributed by atoms with E-state index in [9.17, 15) is 18.0 Å². The van der Waals surface area contributed by atoms with Gasteiger partial charge >= 0.3 is 6.18 Å². The van der Waals surface area contributed by atoms with Crippen LogP contribution >= 0.6 is 0 Å². The van der Waals surface area contributed by atoms with Gasteiger partial charge in [0.1, 0.15) is 5.69 Å². The third kappa shape index (κ3) is 4.35. The van der Waals surface area contributed by atoms with Gasteiger partial charge in [0.15, 0.2) is 22.8 Å². The summed E-state index contributed by atoms with van der Waals surface area (Å²) in [5, 5.41) is 3.98. The summed E-state index contributed by atoms with van der Waals surface area (Å²) >= 11 is 0. The minimum Gasteiger partial charge on any atom is -0.463 e. The summed E-state index contributed by atoms with van der Waals surface area (Å²) in [7, 11) is 0. The van der Waals surface area contributed by atoms with Crippen molar-refractivity contribution >= 4 is 11.6 Å². The predicted octanol–water partition coefficient (Wildman–Crippen LogP) is 5.10. The molecule has 0 bridgehead atoms. The van der Waals surface area contributed by atoms with Crippen molar-refractivity contribution in [3.63, 3.8) is 0 Å². The highest BCUT2D eigenvalue weighted by atomic mass is 19.4. The minimum absolute atomic E-state index is 0.0282. The van der Waals surface area contributed by atoms with Gasteiger partial charge in [0, 0.05) is 19.2 Å². The van der Waals surface area contributed by atoms with Gasteiger partial charge in [-0.05, 0) is 48.9 Å². The van der Waals surface area contributed by atoms with Crippen LogP contribution in [-0.4, -0.2) is 38.5 Å². The van der Waals surface area contributed by atoms with E-state index in [1.54, 1.807) is 11.0 Å². The average molecular weight is 454 g/mol. The lowest BCUT2D eigenvalue weighted by Gasteiger charge is -2.31. The highest BCUT2D eigenvalue weighted by Crippen LogP contribution is 2.32. The number of benzene rings is 1. The quantitative estimate of drug-likeness (QED) is 0.430. The van der Waals surface area contributed by atoms with E-state index in [2.05, 4.69) is 22.2 Å². The molecule has 0 spiro atoms. The number of furan rings is 1. The predicted molar refractivity (Wildman–Crippen MR) is 114 cm³/mol. The summed E-state index contributed by atoms with van der Waals surface area (Å²) in [6, 6.07) is 15.5. The molecular formula is C24H21F3N4O2. The van der Waals surface area contributed by atoms with Crippen LogP contribution < -0.4 is 0 Å². The maximum absolute atomic E-state index is 13.7. The second kappa shape index (κ2) is 8.38. The van der Waals surface area contributed by atoms with Gasteiger partial charge in [0.05, 0.1) is 6.26 Å². The number of likely N-dealkylation sites (tertiary alicyclic amines) is 1. The number of fused-ring (bicyclic) bond motifs is 1. The highest BCUT2D eigenvalue weighted by molar-refractivity contribution is 5.93. The monoisotopic (exact) mass is 454 g/mol. The SMILES string of the molecule is O=C(c1cc2nc(-c3ccco3)cc(C(F)(F)F)n2n1)N1CCC(Cc2ccccc2)CC1. The zero-order chi connectivity index (χ0) is 23.0. The Bertz CT molecular complexity index is 1260. The number of aromatic nitrogens is 3. The van der Waals surface area contributed by atoms with Crippen LogP contribution in [0.3, 0.4) is 0 Å². The van der Waals surface area contributed by atoms with Crippen LogP contribution in [0.15, 0.2) is 65.3 Å². The normalized spacial score (nSPS) is 15.3. The Morgan fingerprint density at radius 3 is 2.48 bits per heavy atom. The van der Waals surface area contributed by atoms with E-state index in [0.29, 0.717) is 23.5 Å². The van der Waals surface area contributed by atoms with E-state index in [0.717, 1.165) is 25.3 Å². The van der Waals surface area contributed by atoms with Gasteiger partial charge in [-0.2, -0.15) is 18.3 Å². The van der Waals surface area contributed by atoms with Gasteiger partial charge in [-0.15, -0.1) is 0 Å². The first-order chi connectivity index (χ1) is 15.9. The Kier molecular flexibility index (Phi) is 5.39. The molecule has 0 unspecified atom stereocenters. The van der Waals surface area contributed by atoms with Gasteiger partial charge in [-0.1, -0.05) is 30.3 Å². The number of rotatable bonds is 4. The number of hydrogen-bond donors (Lipinski definition) is 0. The van der Waals surface area contributed by atoms with Gasteiger partial charge < -0.3 is 9.32 Å². The van der Waals surface area contributed by atoms with Crippen LogP contribution in [0, 0.1) is 5.92 Å². The number of carbonyl (C=O) groups excluding carboxylic acids is 1. The van der Waals surface area contributed by atoms with Crippen molar-refractivity contribution < 1.29 is 22.4 Å². The van der Waals surface area contributed by atoms with Crippen LogP contribution in [0.1, 0.15) is 34.6 Å². The summed E-state index contributed by atoms with van der Waals surface area (Å²) in [6.45, 7) is 1.09. The molecule has 0 radical (unpaired) electrons. The maximum Gasteiger partial charge on any atom is 0.433 e. The summed E-state index contributed by atoms with van der Waals surface area (Å²) in [5.41, 5.74) is 0.172. The zero-order valence-corrected chi connectivity index (χ0v) is 17.6. The van der Waals surface area contributed by atoms with E-state index in [1.807, 2.05) is 18.2 Å². The fourth-order valence-corrected chi connectivity index (χ4v) is 4.28. The summed E-state index contributed by atoms with van der Waals surface area (Å²) < 4.78 is 47.0. The number of nitrogens with zero attached hydrogens (tertiary/aromatic N) is 4. The van der Waals surface area contributed by atoms with Gasteiger partial charge in [-0.3, -0.25) is 4.79 Å². The molecule has 1 saturated heterocycles. The molecule has 33 heavy (non-hydrogen) atoms. The first-order valence-corrected chi connectivity index (χ1v) is 10.7. The van der Waals surface area contributed by atoms with Crippen LogP contribution in [0.25, 0.3) is 17.1 Å². The van der Waals surface area contributed by atoms with Crippen LogP contribution in [-0.2, 0) is 12.6 Å². The highest BCUT2D eigenvalue weighted by Gasteiger charge is 2.36. The van der Waals surface area contributed by atoms with Crippen molar-refractivity contribution in [2.24, 2.45) is 5.92 Å². The minimum atomic E-state index is -4.68. The molecule has 170 valence electrons. The molecule has 9 heteroatoms. The van der Waals surface area contributed by atoms with Crippen LogP contribution in [0.5, 0.6) is 0 Å². The third-order valence-electron chi connectivity index (χ3n) is 5.98. The van der Waals surface area contributed by atoms with E-state index in [-0.39, 0.29) is 28.7 Å². The topological polar surface area (TPSA) is 63.6 Å². The molecule has 3 aromatic heterocycles. The van der Waals surface area contributed by atoms with Gasteiger partial charge in [0.25, 0.3) is 5.91 Å². The molecule has 5 rings (SSSR count). The lowest BCUT2D eigenvalue weighted by atomic mass is 9.90. The lowest BCUT2D eigenvalue weighted by molar-refractivity contribution is -0.142. The Morgan fingerprint density at radius 1 is 1.06 bits per heavy atom. The molecule has 1 aliphatic rings. The van der Waals surface area contributed by atoms with E-state index in [1.165, 1.54) is 24.0 Å². The smallest absolute Gasteiger partial charge is 0.433 e. The Morgan fingerprint density at radius 2 is 1.82 bits per heavy atom. The largest absolute Gasteiger partial charge is 0.463 e. The zero-order valence-electron chi connectivity index (χ0n) is 17.6. The standard InChI is InChI=1S/C24H21F3N4O2/c25-24(26,27)21-14-18(20-7-4-12-33-20)28-22-15-19(29-31(21)22)23(32)30-10-8-17(9-11-30)13-16-5-2-1-3-6-16/h1-7,12,14-15,17H,8-11,13H2. The fourth-order valence-electron chi connectivity index (χ4n) is 4.28. The molecule has 4 heterocycles. The number of alkyl halides is 3. The van der Waals surface area contributed by atoms with Crippen molar-refractivity contribution in [2.75, 3.05) is 13.1 Å². The molecule has 0 aliphatic carbocycles. The molecule has 0 atom stereocenters. The molecule has 6 nitrogen and oxygen atoms in total. The number of amides is 1. The molecule has 1 amide bonds. The number of carbonyl (C=O) groups is 1. The number of piperidine rings is 1. The second-order valence-electron chi connectivity index (χ2n) is 8.23. The van der Waals surface area contributed by atoms with Crippen LogP contribution in [0.4, 0.5) is 13.2 Å².